The quantitative estimate of drug-likeness (QED) is 0.463. The Hall–Kier alpha value is -3.81. The first-order valence-electron chi connectivity index (χ1n) is 12.4. The number of nitrogens with one attached hydrogen (secondary N) is 1. The van der Waals surface area contributed by atoms with Crippen molar-refractivity contribution < 1.29 is 19.1 Å². The molecule has 8 nitrogen and oxygen atoms in total. The molecule has 1 saturated heterocycles. The van der Waals surface area contributed by atoms with Crippen molar-refractivity contribution in [2.45, 2.75) is 50.8 Å². The number of nitrogens with two attached hydrogens (primary N) is 1. The first kappa shape index (κ1) is 23.9. The van der Waals surface area contributed by atoms with Gasteiger partial charge in [-0.15, -0.1) is 0 Å². The molecule has 0 saturated carbocycles. The van der Waals surface area contributed by atoms with Gasteiger partial charge in [-0.25, -0.2) is 0 Å². The molecule has 188 valence electrons. The summed E-state index contributed by atoms with van der Waals surface area (Å²) in [5, 5.41) is 4.55. The van der Waals surface area contributed by atoms with Crippen molar-refractivity contribution in [1.29, 1.82) is 0 Å². The minimum Gasteiger partial charge on any atom is -0.497 e. The second kappa shape index (κ2) is 9.33. The Kier molecular flexibility index (Phi) is 6.20. The number of primary amides is 1. The van der Waals surface area contributed by atoms with Crippen LogP contribution < -0.4 is 20.5 Å². The fourth-order valence-electron chi connectivity index (χ4n) is 5.66. The number of likely N-dealkylation sites (tertiary alicyclic amines) is 1. The molecule has 0 spiro atoms. The maximum absolute atomic E-state index is 13.5. The Bertz CT molecular complexity index is 1310. The standard InChI is InChI=1S/C28H32N4O4/c1-17(31-22-15-19(35-3)14-18-9-6-12-30-25(18)22)8-7-13-32-27(34)24(26(29)33)21-16-28(32,2)36-23-11-5-4-10-20(21)23/h4-6,9-12,14-15,17,21,24,31H,7-8,13,16H2,1-3H3,(H2,29,33)/t17-,21+,24-,28-/m1/s1. The van der Waals surface area contributed by atoms with Crippen molar-refractivity contribution in [2.24, 2.45) is 11.7 Å². The van der Waals surface area contributed by atoms with Gasteiger partial charge in [-0.2, -0.15) is 0 Å². The highest BCUT2D eigenvalue weighted by Gasteiger charge is 2.55. The second-order valence-corrected chi connectivity index (χ2v) is 9.93. The molecule has 2 bridgehead atoms. The Morgan fingerprint density at radius 1 is 1.31 bits per heavy atom. The third-order valence-corrected chi connectivity index (χ3v) is 7.39. The van der Waals surface area contributed by atoms with Crippen LogP contribution in [-0.4, -0.2) is 47.1 Å². The monoisotopic (exact) mass is 488 g/mol. The van der Waals surface area contributed by atoms with Gasteiger partial charge in [-0.05, 0) is 50.5 Å². The summed E-state index contributed by atoms with van der Waals surface area (Å²) in [5.74, 6) is -0.504. The lowest BCUT2D eigenvalue weighted by Gasteiger charge is -2.52. The predicted octanol–water partition coefficient (Wildman–Crippen LogP) is 4.05. The van der Waals surface area contributed by atoms with Crippen LogP contribution in [0.1, 0.15) is 44.6 Å². The summed E-state index contributed by atoms with van der Waals surface area (Å²) in [6.45, 7) is 4.50. The molecule has 1 aromatic heterocycles. The van der Waals surface area contributed by atoms with E-state index in [-0.39, 0.29) is 17.9 Å². The maximum Gasteiger partial charge on any atom is 0.238 e. The van der Waals surface area contributed by atoms with Gasteiger partial charge in [0.15, 0.2) is 5.72 Å². The molecule has 0 radical (unpaired) electrons. The number of hydrogen-bond acceptors (Lipinski definition) is 6. The van der Waals surface area contributed by atoms with E-state index in [1.165, 1.54) is 0 Å². The molecule has 3 N–H and O–H groups in total. The number of carbonyl (C=O) groups is 2. The molecule has 5 rings (SSSR count). The molecule has 0 aliphatic carbocycles. The van der Waals surface area contributed by atoms with Gasteiger partial charge >= 0.3 is 0 Å². The molecule has 2 aliphatic rings. The maximum atomic E-state index is 13.5. The van der Waals surface area contributed by atoms with Gasteiger partial charge in [0, 0.05) is 42.6 Å². The van der Waals surface area contributed by atoms with Crippen LogP contribution in [0.4, 0.5) is 5.69 Å². The highest BCUT2D eigenvalue weighted by Crippen LogP contribution is 2.50. The number of aromatic nitrogens is 1. The first-order chi connectivity index (χ1) is 17.3. The van der Waals surface area contributed by atoms with Crippen molar-refractivity contribution in [1.82, 2.24) is 9.88 Å². The molecule has 0 unspecified atom stereocenters. The molecule has 2 amide bonds. The smallest absolute Gasteiger partial charge is 0.238 e. The zero-order valence-electron chi connectivity index (χ0n) is 20.9. The van der Waals surface area contributed by atoms with Crippen LogP contribution in [0.15, 0.2) is 54.7 Å². The minimum absolute atomic E-state index is 0.114. The number of nitrogens with zero attached hydrogens (tertiary/aromatic N) is 2. The number of carbonyl (C=O) groups excluding carboxylic acids is 2. The number of amides is 2. The van der Waals surface area contributed by atoms with Gasteiger partial charge in [-0.3, -0.25) is 14.6 Å². The molecule has 4 atom stereocenters. The highest BCUT2D eigenvalue weighted by atomic mass is 16.5. The van der Waals surface area contributed by atoms with Gasteiger partial charge < -0.3 is 25.4 Å². The van der Waals surface area contributed by atoms with Crippen LogP contribution in [0.25, 0.3) is 10.9 Å². The van der Waals surface area contributed by atoms with Crippen LogP contribution >= 0.6 is 0 Å². The molecule has 2 aromatic carbocycles. The lowest BCUT2D eigenvalue weighted by molar-refractivity contribution is -0.175. The number of anilines is 1. The molecule has 1 fully saturated rings. The number of benzene rings is 2. The Balaban J connectivity index is 1.30. The molecular formula is C28H32N4O4. The van der Waals surface area contributed by atoms with Gasteiger partial charge in [0.2, 0.25) is 11.8 Å². The number of pyridine rings is 1. The number of para-hydroxylation sites is 1. The topological polar surface area (TPSA) is 107 Å². The Morgan fingerprint density at radius 2 is 2.11 bits per heavy atom. The summed E-state index contributed by atoms with van der Waals surface area (Å²) in [5.41, 5.74) is 7.59. The number of piperidine rings is 1. The average molecular weight is 489 g/mol. The third-order valence-electron chi connectivity index (χ3n) is 7.39. The van der Waals surface area contributed by atoms with E-state index in [1.54, 1.807) is 18.2 Å². The van der Waals surface area contributed by atoms with Crippen LogP contribution in [0.2, 0.25) is 0 Å². The van der Waals surface area contributed by atoms with Gasteiger partial charge in [-0.1, -0.05) is 24.3 Å². The summed E-state index contributed by atoms with van der Waals surface area (Å²) in [7, 11) is 1.65. The largest absolute Gasteiger partial charge is 0.497 e. The van der Waals surface area contributed by atoms with E-state index >= 15 is 0 Å². The highest BCUT2D eigenvalue weighted by molar-refractivity contribution is 6.01. The van der Waals surface area contributed by atoms with Gasteiger partial charge in [0.1, 0.15) is 17.4 Å². The zero-order valence-corrected chi connectivity index (χ0v) is 20.9. The van der Waals surface area contributed by atoms with Crippen molar-refractivity contribution in [3.63, 3.8) is 0 Å². The van der Waals surface area contributed by atoms with Crippen molar-refractivity contribution >= 4 is 28.4 Å². The lowest BCUT2D eigenvalue weighted by Crippen LogP contribution is -2.64. The normalized spacial score (nSPS) is 23.5. The van der Waals surface area contributed by atoms with E-state index in [0.717, 1.165) is 40.7 Å². The van der Waals surface area contributed by atoms with Gasteiger partial charge in [0.05, 0.1) is 18.3 Å². The fraction of sp³-hybridized carbons (Fsp3) is 0.393. The van der Waals surface area contributed by atoms with Crippen LogP contribution in [-0.2, 0) is 9.59 Å². The minimum atomic E-state index is -0.882. The van der Waals surface area contributed by atoms with E-state index in [9.17, 15) is 9.59 Å². The third kappa shape index (κ3) is 4.21. The molecule has 2 aliphatic heterocycles. The van der Waals surface area contributed by atoms with Crippen molar-refractivity contribution in [3.05, 3.63) is 60.3 Å². The molecule has 3 heterocycles. The van der Waals surface area contributed by atoms with Gasteiger partial charge in [0.25, 0.3) is 0 Å². The zero-order chi connectivity index (χ0) is 25.4. The number of hydrogen-bond donors (Lipinski definition) is 2. The van der Waals surface area contributed by atoms with Crippen LogP contribution in [0.3, 0.4) is 0 Å². The summed E-state index contributed by atoms with van der Waals surface area (Å²) in [6, 6.07) is 15.6. The summed E-state index contributed by atoms with van der Waals surface area (Å²) >= 11 is 0. The Morgan fingerprint density at radius 3 is 2.89 bits per heavy atom. The van der Waals surface area contributed by atoms with Crippen LogP contribution in [0.5, 0.6) is 11.5 Å². The van der Waals surface area contributed by atoms with E-state index in [1.807, 2.05) is 55.5 Å². The SMILES string of the molecule is COc1cc(N[C@H](C)CCCN2C(=O)[C@@H](C(N)=O)[C@H]3C[C@@]2(C)Oc2ccccc23)c2ncccc2c1. The summed E-state index contributed by atoms with van der Waals surface area (Å²) in [4.78, 5) is 32.1. The average Bonchev–Trinajstić information content (AvgIpc) is 2.85. The fourth-order valence-corrected chi connectivity index (χ4v) is 5.66. The second-order valence-electron chi connectivity index (χ2n) is 9.93. The van der Waals surface area contributed by atoms with Crippen LogP contribution in [0, 0.1) is 5.92 Å². The van der Waals surface area contributed by atoms with E-state index in [0.29, 0.717) is 18.7 Å². The predicted molar refractivity (Wildman–Crippen MR) is 138 cm³/mol. The van der Waals surface area contributed by atoms with E-state index in [4.69, 9.17) is 15.2 Å². The summed E-state index contributed by atoms with van der Waals surface area (Å²) in [6.07, 6.45) is 3.84. The lowest BCUT2D eigenvalue weighted by atomic mass is 9.73. The Labute approximate surface area is 210 Å². The van der Waals surface area contributed by atoms with Crippen molar-refractivity contribution in [2.75, 3.05) is 19.0 Å². The van der Waals surface area contributed by atoms with E-state index in [2.05, 4.69) is 17.2 Å². The number of methoxy groups -OCH3 is 1. The number of fused-ring (bicyclic) bond motifs is 5. The van der Waals surface area contributed by atoms with E-state index < -0.39 is 17.6 Å². The molecule has 36 heavy (non-hydrogen) atoms. The van der Waals surface area contributed by atoms with Crippen molar-refractivity contribution in [3.8, 4) is 11.5 Å². The first-order valence-corrected chi connectivity index (χ1v) is 12.4. The summed E-state index contributed by atoms with van der Waals surface area (Å²) < 4.78 is 11.8. The number of ether oxygens (including phenoxy) is 2. The molecular weight excluding hydrogens is 456 g/mol. The molecule has 3 aromatic rings. The molecule has 8 heteroatoms. The number of rotatable bonds is 8.